The van der Waals surface area contributed by atoms with Crippen molar-refractivity contribution in [3.63, 3.8) is 0 Å². The van der Waals surface area contributed by atoms with Crippen LogP contribution in [-0.4, -0.2) is 12.4 Å². The van der Waals surface area contributed by atoms with Crippen LogP contribution in [0.2, 0.25) is 0 Å². The number of fused-ring (bicyclic) bond motifs is 1. The Morgan fingerprint density at radius 1 is 1.00 bits per heavy atom. The summed E-state index contributed by atoms with van der Waals surface area (Å²) in [6.45, 7) is 0. The molecule has 0 fully saturated rings. The van der Waals surface area contributed by atoms with Crippen molar-refractivity contribution < 1.29 is 0 Å². The molecule has 0 saturated carbocycles. The molecular formula is C15H15NS. The second kappa shape index (κ2) is 4.46. The van der Waals surface area contributed by atoms with Crippen LogP contribution in [0.4, 0.5) is 5.69 Å². The molecule has 1 heterocycles. The highest BCUT2D eigenvalue weighted by Gasteiger charge is 2.26. The number of nitrogens with zero attached hydrogens (tertiary/aromatic N) is 1. The number of rotatable bonds is 2. The van der Waals surface area contributed by atoms with Gasteiger partial charge in [0, 0.05) is 18.4 Å². The average Bonchev–Trinajstić information content (AvgIpc) is 2.68. The Bertz CT molecular complexity index is 509. The Hall–Kier alpha value is -1.41. The molecule has 0 amide bonds. The molecule has 0 N–H and O–H groups in total. The minimum atomic E-state index is 0.523. The van der Waals surface area contributed by atoms with Gasteiger partial charge in [-0.05, 0) is 17.7 Å². The lowest BCUT2D eigenvalue weighted by Crippen LogP contribution is -2.26. The molecule has 17 heavy (non-hydrogen) atoms. The molecule has 3 rings (SSSR count). The Labute approximate surface area is 106 Å². The molecule has 1 atom stereocenters. The van der Waals surface area contributed by atoms with Crippen molar-refractivity contribution in [2.75, 3.05) is 11.9 Å². The second-order valence-electron chi connectivity index (χ2n) is 4.34. The second-order valence-corrected chi connectivity index (χ2v) is 5.56. The van der Waals surface area contributed by atoms with E-state index in [1.165, 1.54) is 16.1 Å². The normalized spacial score (nSPS) is 18.2. The maximum atomic E-state index is 2.38. The van der Waals surface area contributed by atoms with E-state index in [1.54, 1.807) is 0 Å². The lowest BCUT2D eigenvalue weighted by molar-refractivity contribution is 0.833. The molecule has 1 nitrogen and oxygen atoms in total. The van der Waals surface area contributed by atoms with Crippen LogP contribution in [0, 0.1) is 0 Å². The Morgan fingerprint density at radius 2 is 1.71 bits per heavy atom. The molecule has 0 unspecified atom stereocenters. The third-order valence-corrected chi connectivity index (χ3v) is 4.55. The van der Waals surface area contributed by atoms with E-state index in [-0.39, 0.29) is 0 Å². The van der Waals surface area contributed by atoms with Crippen molar-refractivity contribution in [2.24, 2.45) is 0 Å². The van der Waals surface area contributed by atoms with Crippen molar-refractivity contribution in [1.82, 2.24) is 0 Å². The first-order valence-electron chi connectivity index (χ1n) is 5.87. The summed E-state index contributed by atoms with van der Waals surface area (Å²) >= 11 is 1.97. The van der Waals surface area contributed by atoms with E-state index in [0.717, 1.165) is 6.42 Å². The zero-order valence-electron chi connectivity index (χ0n) is 9.84. The molecule has 0 spiro atoms. The first-order valence-corrected chi connectivity index (χ1v) is 6.75. The first kappa shape index (κ1) is 10.7. The maximum Gasteiger partial charge on any atom is 0.0835 e. The van der Waals surface area contributed by atoms with Crippen LogP contribution in [0.3, 0.4) is 0 Å². The van der Waals surface area contributed by atoms with E-state index in [2.05, 4.69) is 66.5 Å². The molecule has 1 aliphatic heterocycles. The SMILES string of the molecule is CN1c2ccccc2S[C@@H]1Cc1ccccc1. The zero-order valence-corrected chi connectivity index (χ0v) is 10.7. The van der Waals surface area contributed by atoms with Gasteiger partial charge in [-0.3, -0.25) is 0 Å². The third kappa shape index (κ3) is 2.05. The lowest BCUT2D eigenvalue weighted by Gasteiger charge is -2.21. The number of anilines is 1. The predicted molar refractivity (Wildman–Crippen MR) is 74.6 cm³/mol. The largest absolute Gasteiger partial charge is 0.361 e. The summed E-state index contributed by atoms with van der Waals surface area (Å²) in [4.78, 5) is 3.78. The molecule has 1 aliphatic rings. The van der Waals surface area contributed by atoms with Crippen LogP contribution < -0.4 is 4.90 Å². The van der Waals surface area contributed by atoms with Gasteiger partial charge in [0.2, 0.25) is 0 Å². The molecule has 2 aromatic carbocycles. The highest BCUT2D eigenvalue weighted by Crippen LogP contribution is 2.43. The molecule has 0 aromatic heterocycles. The minimum Gasteiger partial charge on any atom is -0.361 e. The van der Waals surface area contributed by atoms with E-state index in [9.17, 15) is 0 Å². The summed E-state index contributed by atoms with van der Waals surface area (Å²) < 4.78 is 0. The monoisotopic (exact) mass is 241 g/mol. The fourth-order valence-electron chi connectivity index (χ4n) is 2.22. The Kier molecular flexibility index (Phi) is 2.81. The third-order valence-electron chi connectivity index (χ3n) is 3.19. The fraction of sp³-hybridized carbons (Fsp3) is 0.200. The van der Waals surface area contributed by atoms with E-state index in [1.807, 2.05) is 11.8 Å². The van der Waals surface area contributed by atoms with E-state index in [0.29, 0.717) is 5.37 Å². The van der Waals surface area contributed by atoms with Crippen LogP contribution in [0.15, 0.2) is 59.5 Å². The summed E-state index contributed by atoms with van der Waals surface area (Å²) in [5, 5.41) is 0.523. The molecule has 0 bridgehead atoms. The van der Waals surface area contributed by atoms with Crippen molar-refractivity contribution in [3.8, 4) is 0 Å². The molecular weight excluding hydrogens is 226 g/mol. The zero-order chi connectivity index (χ0) is 11.7. The Balaban J connectivity index is 1.81. The van der Waals surface area contributed by atoms with Gasteiger partial charge in [0.25, 0.3) is 0 Å². The number of benzene rings is 2. The molecule has 0 saturated heterocycles. The molecule has 0 aliphatic carbocycles. The fourth-order valence-corrected chi connectivity index (χ4v) is 3.55. The van der Waals surface area contributed by atoms with Crippen molar-refractivity contribution in [2.45, 2.75) is 16.7 Å². The summed E-state index contributed by atoms with van der Waals surface area (Å²) in [5.74, 6) is 0. The van der Waals surface area contributed by atoms with Crippen molar-refractivity contribution >= 4 is 17.4 Å². The summed E-state index contributed by atoms with van der Waals surface area (Å²) in [6, 6.07) is 19.4. The van der Waals surface area contributed by atoms with Gasteiger partial charge in [-0.1, -0.05) is 54.2 Å². The van der Waals surface area contributed by atoms with Crippen LogP contribution >= 0.6 is 11.8 Å². The highest BCUT2D eigenvalue weighted by molar-refractivity contribution is 8.00. The average molecular weight is 241 g/mol. The quantitative estimate of drug-likeness (QED) is 0.787. The number of hydrogen-bond donors (Lipinski definition) is 0. The van der Waals surface area contributed by atoms with Crippen LogP contribution in [0.5, 0.6) is 0 Å². The van der Waals surface area contributed by atoms with Gasteiger partial charge < -0.3 is 4.90 Å². The number of thioether (sulfide) groups is 1. The minimum absolute atomic E-state index is 0.523. The summed E-state index contributed by atoms with van der Waals surface area (Å²) in [6.07, 6.45) is 1.09. The highest BCUT2D eigenvalue weighted by atomic mass is 32.2. The van der Waals surface area contributed by atoms with Gasteiger partial charge in [0.05, 0.1) is 11.1 Å². The molecule has 86 valence electrons. The number of likely N-dealkylation sites (N-methyl/N-ethyl adjacent to an activating group) is 1. The van der Waals surface area contributed by atoms with E-state index < -0.39 is 0 Å². The smallest absolute Gasteiger partial charge is 0.0835 e. The Morgan fingerprint density at radius 3 is 2.47 bits per heavy atom. The number of hydrogen-bond acceptors (Lipinski definition) is 2. The molecule has 0 radical (unpaired) electrons. The number of para-hydroxylation sites is 1. The lowest BCUT2D eigenvalue weighted by atomic mass is 10.1. The molecule has 2 aromatic rings. The van der Waals surface area contributed by atoms with E-state index in [4.69, 9.17) is 0 Å². The van der Waals surface area contributed by atoms with Gasteiger partial charge in [0.1, 0.15) is 0 Å². The van der Waals surface area contributed by atoms with Gasteiger partial charge in [0.15, 0.2) is 0 Å². The van der Waals surface area contributed by atoms with Crippen molar-refractivity contribution in [1.29, 1.82) is 0 Å². The van der Waals surface area contributed by atoms with Gasteiger partial charge >= 0.3 is 0 Å². The predicted octanol–water partition coefficient (Wildman–Crippen LogP) is 3.80. The van der Waals surface area contributed by atoms with Crippen LogP contribution in [0.25, 0.3) is 0 Å². The van der Waals surface area contributed by atoms with Crippen LogP contribution in [0.1, 0.15) is 5.56 Å². The molecule has 2 heteroatoms. The summed E-state index contributed by atoms with van der Waals surface area (Å²) in [5.41, 5.74) is 2.77. The topological polar surface area (TPSA) is 3.24 Å². The maximum absolute atomic E-state index is 2.38. The van der Waals surface area contributed by atoms with Gasteiger partial charge in [-0.2, -0.15) is 0 Å². The first-order chi connectivity index (χ1) is 8.34. The van der Waals surface area contributed by atoms with Gasteiger partial charge in [-0.15, -0.1) is 0 Å². The van der Waals surface area contributed by atoms with Crippen LogP contribution in [-0.2, 0) is 6.42 Å². The summed E-state index contributed by atoms with van der Waals surface area (Å²) in [7, 11) is 2.19. The van der Waals surface area contributed by atoms with Gasteiger partial charge in [-0.25, -0.2) is 0 Å². The van der Waals surface area contributed by atoms with E-state index >= 15 is 0 Å². The standard InChI is InChI=1S/C15H15NS/c1-16-13-9-5-6-10-14(13)17-15(16)11-12-7-3-2-4-8-12/h2-10,15H,11H2,1H3/t15-/m1/s1. The van der Waals surface area contributed by atoms with Crippen molar-refractivity contribution in [3.05, 3.63) is 60.2 Å².